The SMILES string of the molecule is C=CCc1sc2ncnc(Cl)c2c1CCCCC. The molecule has 18 heavy (non-hydrogen) atoms. The van der Waals surface area contributed by atoms with Gasteiger partial charge in [0.05, 0.1) is 5.39 Å². The molecule has 0 amide bonds. The first-order valence-corrected chi connectivity index (χ1v) is 7.49. The molecule has 0 fully saturated rings. The Morgan fingerprint density at radius 3 is 2.94 bits per heavy atom. The number of unbranched alkanes of at least 4 members (excludes halogenated alkanes) is 2. The lowest BCUT2D eigenvalue weighted by Gasteiger charge is -2.03. The second-order valence-electron chi connectivity index (χ2n) is 4.30. The van der Waals surface area contributed by atoms with Gasteiger partial charge in [-0.2, -0.15) is 0 Å². The largest absolute Gasteiger partial charge is 0.225 e. The number of thiophene rings is 1. The van der Waals surface area contributed by atoms with Gasteiger partial charge in [-0.1, -0.05) is 37.4 Å². The van der Waals surface area contributed by atoms with Crippen LogP contribution in [0.5, 0.6) is 0 Å². The van der Waals surface area contributed by atoms with Crippen LogP contribution in [0.1, 0.15) is 36.6 Å². The number of nitrogens with zero attached hydrogens (tertiary/aromatic N) is 2. The lowest BCUT2D eigenvalue weighted by atomic mass is 10.0. The fourth-order valence-corrected chi connectivity index (χ4v) is 3.60. The van der Waals surface area contributed by atoms with Crippen molar-refractivity contribution in [3.8, 4) is 0 Å². The zero-order valence-electron chi connectivity index (χ0n) is 10.6. The predicted octanol–water partition coefficient (Wildman–Crippen LogP) is 4.81. The summed E-state index contributed by atoms with van der Waals surface area (Å²) in [6.07, 6.45) is 9.09. The van der Waals surface area contributed by atoms with Crippen LogP contribution in [0.4, 0.5) is 0 Å². The second-order valence-corrected chi connectivity index (χ2v) is 5.74. The number of allylic oxidation sites excluding steroid dienone is 1. The summed E-state index contributed by atoms with van der Waals surface area (Å²) in [5.74, 6) is 0. The summed E-state index contributed by atoms with van der Waals surface area (Å²) in [5.41, 5.74) is 1.33. The van der Waals surface area contributed by atoms with Gasteiger partial charge in [0.1, 0.15) is 16.3 Å². The molecule has 2 nitrogen and oxygen atoms in total. The highest BCUT2D eigenvalue weighted by atomic mass is 35.5. The molecule has 0 saturated carbocycles. The minimum atomic E-state index is 0.582. The Morgan fingerprint density at radius 1 is 1.39 bits per heavy atom. The number of halogens is 1. The van der Waals surface area contributed by atoms with Crippen LogP contribution in [-0.2, 0) is 12.8 Å². The van der Waals surface area contributed by atoms with Gasteiger partial charge in [0.15, 0.2) is 0 Å². The fraction of sp³-hybridized carbons (Fsp3) is 0.429. The Morgan fingerprint density at radius 2 is 2.22 bits per heavy atom. The van der Waals surface area contributed by atoms with E-state index in [9.17, 15) is 0 Å². The lowest BCUT2D eigenvalue weighted by Crippen LogP contribution is -1.90. The van der Waals surface area contributed by atoms with Crippen molar-refractivity contribution in [3.63, 3.8) is 0 Å². The summed E-state index contributed by atoms with van der Waals surface area (Å²) in [7, 11) is 0. The lowest BCUT2D eigenvalue weighted by molar-refractivity contribution is 0.718. The van der Waals surface area contributed by atoms with Gasteiger partial charge in [-0.25, -0.2) is 9.97 Å². The molecular formula is C14H17ClN2S. The maximum Gasteiger partial charge on any atom is 0.141 e. The van der Waals surface area contributed by atoms with Crippen LogP contribution < -0.4 is 0 Å². The Labute approximate surface area is 117 Å². The highest BCUT2D eigenvalue weighted by molar-refractivity contribution is 7.19. The zero-order chi connectivity index (χ0) is 13.0. The number of fused-ring (bicyclic) bond motifs is 1. The molecule has 0 saturated heterocycles. The average molecular weight is 281 g/mol. The van der Waals surface area contributed by atoms with Crippen LogP contribution in [0.3, 0.4) is 0 Å². The number of aromatic nitrogens is 2. The standard InChI is InChI=1S/C14H17ClN2S/c1-3-5-6-8-10-11(7-4-2)18-14-12(10)13(15)16-9-17-14/h4,9H,2-3,5-8H2,1H3. The van der Waals surface area contributed by atoms with Crippen molar-refractivity contribution in [3.05, 3.63) is 34.6 Å². The van der Waals surface area contributed by atoms with E-state index in [-0.39, 0.29) is 0 Å². The van der Waals surface area contributed by atoms with Crippen LogP contribution in [-0.4, -0.2) is 9.97 Å². The molecule has 96 valence electrons. The first-order valence-electron chi connectivity index (χ1n) is 6.29. The first-order chi connectivity index (χ1) is 8.77. The third-order valence-electron chi connectivity index (χ3n) is 2.98. The molecule has 2 aromatic rings. The van der Waals surface area contributed by atoms with Crippen molar-refractivity contribution in [1.82, 2.24) is 9.97 Å². The molecule has 0 atom stereocenters. The highest BCUT2D eigenvalue weighted by Gasteiger charge is 2.15. The molecule has 0 N–H and O–H groups in total. The third kappa shape index (κ3) is 2.73. The molecular weight excluding hydrogens is 264 g/mol. The third-order valence-corrected chi connectivity index (χ3v) is 4.43. The number of rotatable bonds is 6. The van der Waals surface area contributed by atoms with E-state index >= 15 is 0 Å². The van der Waals surface area contributed by atoms with Crippen LogP contribution in [0.25, 0.3) is 10.2 Å². The maximum absolute atomic E-state index is 6.22. The van der Waals surface area contributed by atoms with Crippen molar-refractivity contribution in [1.29, 1.82) is 0 Å². The summed E-state index contributed by atoms with van der Waals surface area (Å²) in [4.78, 5) is 10.8. The molecule has 0 radical (unpaired) electrons. The highest BCUT2D eigenvalue weighted by Crippen LogP contribution is 2.35. The molecule has 2 rings (SSSR count). The summed E-state index contributed by atoms with van der Waals surface area (Å²) in [6.45, 7) is 6.04. The van der Waals surface area contributed by atoms with Gasteiger partial charge in [0.2, 0.25) is 0 Å². The van der Waals surface area contributed by atoms with Gasteiger partial charge in [0, 0.05) is 4.88 Å². The molecule has 0 aliphatic heterocycles. The average Bonchev–Trinajstić information content (AvgIpc) is 2.70. The molecule has 0 aliphatic carbocycles. The molecule has 0 aliphatic rings. The monoisotopic (exact) mass is 280 g/mol. The minimum absolute atomic E-state index is 0.582. The van der Waals surface area contributed by atoms with Gasteiger partial charge in [-0.05, 0) is 24.8 Å². The molecule has 0 bridgehead atoms. The van der Waals surface area contributed by atoms with Crippen molar-refractivity contribution in [2.24, 2.45) is 0 Å². The quantitative estimate of drug-likeness (QED) is 0.431. The summed E-state index contributed by atoms with van der Waals surface area (Å²) in [6, 6.07) is 0. The zero-order valence-corrected chi connectivity index (χ0v) is 12.2. The summed E-state index contributed by atoms with van der Waals surface area (Å²) < 4.78 is 0. The first kappa shape index (κ1) is 13.5. The molecule has 0 aromatic carbocycles. The Balaban J connectivity index is 2.43. The molecule has 2 aromatic heterocycles. The van der Waals surface area contributed by atoms with Crippen molar-refractivity contribution < 1.29 is 0 Å². The van der Waals surface area contributed by atoms with Crippen LogP contribution >= 0.6 is 22.9 Å². The second kappa shape index (κ2) is 6.30. The van der Waals surface area contributed by atoms with Gasteiger partial charge < -0.3 is 0 Å². The minimum Gasteiger partial charge on any atom is -0.225 e. The van der Waals surface area contributed by atoms with E-state index in [2.05, 4.69) is 23.5 Å². The molecule has 2 heterocycles. The smallest absolute Gasteiger partial charge is 0.141 e. The van der Waals surface area contributed by atoms with Crippen molar-refractivity contribution in [2.45, 2.75) is 39.0 Å². The van der Waals surface area contributed by atoms with Crippen LogP contribution in [0.2, 0.25) is 5.15 Å². The predicted molar refractivity (Wildman–Crippen MR) is 79.6 cm³/mol. The number of aryl methyl sites for hydroxylation is 1. The van der Waals surface area contributed by atoms with E-state index < -0.39 is 0 Å². The van der Waals surface area contributed by atoms with Gasteiger partial charge in [0.25, 0.3) is 0 Å². The normalized spacial score (nSPS) is 11.0. The van der Waals surface area contributed by atoms with E-state index in [1.165, 1.54) is 36.0 Å². The fourth-order valence-electron chi connectivity index (χ4n) is 2.11. The van der Waals surface area contributed by atoms with Crippen LogP contribution in [0, 0.1) is 0 Å². The van der Waals surface area contributed by atoms with E-state index in [0.29, 0.717) is 5.15 Å². The van der Waals surface area contributed by atoms with Crippen LogP contribution in [0.15, 0.2) is 19.0 Å². The van der Waals surface area contributed by atoms with E-state index in [0.717, 1.165) is 23.1 Å². The van der Waals surface area contributed by atoms with E-state index in [4.69, 9.17) is 11.6 Å². The molecule has 4 heteroatoms. The topological polar surface area (TPSA) is 25.8 Å². The summed E-state index contributed by atoms with van der Waals surface area (Å²) >= 11 is 7.93. The summed E-state index contributed by atoms with van der Waals surface area (Å²) in [5, 5.41) is 1.63. The van der Waals surface area contributed by atoms with E-state index in [1.807, 2.05) is 6.08 Å². The Hall–Kier alpha value is -0.930. The Bertz CT molecular complexity index is 548. The number of hydrogen-bond acceptors (Lipinski definition) is 3. The van der Waals surface area contributed by atoms with Gasteiger partial charge >= 0.3 is 0 Å². The van der Waals surface area contributed by atoms with Gasteiger partial charge in [-0.3, -0.25) is 0 Å². The van der Waals surface area contributed by atoms with Gasteiger partial charge in [-0.15, -0.1) is 17.9 Å². The molecule has 0 spiro atoms. The Kier molecular flexibility index (Phi) is 4.72. The molecule has 0 unspecified atom stereocenters. The van der Waals surface area contributed by atoms with E-state index in [1.54, 1.807) is 11.3 Å². The van der Waals surface area contributed by atoms with Crippen molar-refractivity contribution >= 4 is 33.2 Å². The van der Waals surface area contributed by atoms with Crippen molar-refractivity contribution in [2.75, 3.05) is 0 Å². The maximum atomic E-state index is 6.22. The number of hydrogen-bond donors (Lipinski definition) is 0.